The molecule has 1 aliphatic rings. The molecule has 0 radical (unpaired) electrons. The number of hydrogen-bond acceptors (Lipinski definition) is 2. The molecular weight excluding hydrogens is 162 g/mol. The number of rotatable bonds is 1. The average molecular weight is 175 g/mol. The Morgan fingerprint density at radius 1 is 1.31 bits per heavy atom. The Labute approximate surface area is 78.0 Å². The van der Waals surface area contributed by atoms with Crippen LogP contribution in [0.15, 0.2) is 12.1 Å². The van der Waals surface area contributed by atoms with Crippen LogP contribution in [0.25, 0.3) is 0 Å². The lowest BCUT2D eigenvalue weighted by atomic mass is 9.96. The summed E-state index contributed by atoms with van der Waals surface area (Å²) in [5.74, 6) is 0.0633. The van der Waals surface area contributed by atoms with Crippen molar-refractivity contribution in [2.24, 2.45) is 0 Å². The average Bonchev–Trinajstić information content (AvgIpc) is 2.17. The highest BCUT2D eigenvalue weighted by Crippen LogP contribution is 2.19. The molecule has 0 spiro atoms. The van der Waals surface area contributed by atoms with Crippen LogP contribution in [-0.2, 0) is 12.8 Å². The van der Waals surface area contributed by atoms with Crippen LogP contribution in [0.3, 0.4) is 0 Å². The number of carbonyl (C=O) groups is 1. The molecule has 1 aliphatic carbocycles. The molecule has 1 heterocycles. The molecule has 2 nitrogen and oxygen atoms in total. The van der Waals surface area contributed by atoms with Gasteiger partial charge in [0.25, 0.3) is 0 Å². The van der Waals surface area contributed by atoms with Gasteiger partial charge in [-0.2, -0.15) is 0 Å². The summed E-state index contributed by atoms with van der Waals surface area (Å²) in [6.45, 7) is 1.57. The predicted molar refractivity (Wildman–Crippen MR) is 50.9 cm³/mol. The summed E-state index contributed by atoms with van der Waals surface area (Å²) in [5.41, 5.74) is 3.08. The zero-order valence-corrected chi connectivity index (χ0v) is 7.84. The maximum Gasteiger partial charge on any atom is 0.178 e. The van der Waals surface area contributed by atoms with E-state index in [1.807, 2.05) is 6.07 Å². The number of carbonyl (C=O) groups excluding carboxylic acids is 1. The number of ketones is 1. The Morgan fingerprint density at radius 2 is 2.08 bits per heavy atom. The molecule has 0 atom stereocenters. The van der Waals surface area contributed by atoms with Gasteiger partial charge in [0, 0.05) is 12.6 Å². The molecule has 0 aliphatic heterocycles. The molecule has 0 amide bonds. The van der Waals surface area contributed by atoms with Crippen molar-refractivity contribution in [3.63, 3.8) is 0 Å². The van der Waals surface area contributed by atoms with Gasteiger partial charge >= 0.3 is 0 Å². The maximum atomic E-state index is 11.1. The van der Waals surface area contributed by atoms with Crippen molar-refractivity contribution >= 4 is 5.78 Å². The second-order valence-corrected chi connectivity index (χ2v) is 3.57. The fourth-order valence-electron chi connectivity index (χ4n) is 1.78. The molecule has 13 heavy (non-hydrogen) atoms. The first-order valence-corrected chi connectivity index (χ1v) is 4.77. The van der Waals surface area contributed by atoms with E-state index in [0.29, 0.717) is 5.69 Å². The molecule has 0 aromatic carbocycles. The minimum atomic E-state index is 0.0633. The van der Waals surface area contributed by atoms with Crippen molar-refractivity contribution in [2.45, 2.75) is 32.6 Å². The van der Waals surface area contributed by atoms with Crippen molar-refractivity contribution < 1.29 is 4.79 Å². The van der Waals surface area contributed by atoms with Gasteiger partial charge in [-0.1, -0.05) is 6.07 Å². The van der Waals surface area contributed by atoms with Gasteiger partial charge in [-0.25, -0.2) is 4.98 Å². The molecule has 0 N–H and O–H groups in total. The van der Waals surface area contributed by atoms with E-state index in [4.69, 9.17) is 0 Å². The van der Waals surface area contributed by atoms with Crippen molar-refractivity contribution in [3.05, 3.63) is 29.1 Å². The summed E-state index contributed by atoms with van der Waals surface area (Å²) in [4.78, 5) is 15.4. The van der Waals surface area contributed by atoms with E-state index in [9.17, 15) is 4.79 Å². The topological polar surface area (TPSA) is 30.0 Å². The van der Waals surface area contributed by atoms with Gasteiger partial charge in [0.2, 0.25) is 0 Å². The Morgan fingerprint density at radius 3 is 2.85 bits per heavy atom. The van der Waals surface area contributed by atoms with Gasteiger partial charge in [0.15, 0.2) is 5.78 Å². The molecule has 0 fully saturated rings. The van der Waals surface area contributed by atoms with Crippen LogP contribution in [0.2, 0.25) is 0 Å². The summed E-state index contributed by atoms with van der Waals surface area (Å²) < 4.78 is 0. The Kier molecular flexibility index (Phi) is 2.13. The van der Waals surface area contributed by atoms with Crippen LogP contribution in [0.4, 0.5) is 0 Å². The van der Waals surface area contributed by atoms with Crippen molar-refractivity contribution in [3.8, 4) is 0 Å². The van der Waals surface area contributed by atoms with Gasteiger partial charge in [-0.05, 0) is 37.3 Å². The third-order valence-electron chi connectivity index (χ3n) is 2.54. The van der Waals surface area contributed by atoms with Gasteiger partial charge in [-0.15, -0.1) is 0 Å². The third-order valence-corrected chi connectivity index (χ3v) is 2.54. The zero-order chi connectivity index (χ0) is 9.26. The van der Waals surface area contributed by atoms with Gasteiger partial charge in [0.1, 0.15) is 5.69 Å². The quantitative estimate of drug-likeness (QED) is 0.612. The second-order valence-electron chi connectivity index (χ2n) is 3.57. The highest BCUT2D eigenvalue weighted by atomic mass is 16.1. The van der Waals surface area contributed by atoms with Gasteiger partial charge < -0.3 is 0 Å². The van der Waals surface area contributed by atoms with Crippen LogP contribution in [0.5, 0.6) is 0 Å². The number of fused-ring (bicyclic) bond motifs is 1. The summed E-state index contributed by atoms with van der Waals surface area (Å²) in [6, 6.07) is 3.89. The van der Waals surface area contributed by atoms with E-state index in [1.54, 1.807) is 6.92 Å². The lowest BCUT2D eigenvalue weighted by Crippen LogP contribution is -2.08. The number of nitrogens with zero attached hydrogens (tertiary/aromatic N) is 1. The molecule has 0 saturated carbocycles. The number of Topliss-reactive ketones (excluding diaryl/α,β-unsaturated/α-hetero) is 1. The van der Waals surface area contributed by atoms with E-state index >= 15 is 0 Å². The van der Waals surface area contributed by atoms with Gasteiger partial charge in [0.05, 0.1) is 0 Å². The fourth-order valence-corrected chi connectivity index (χ4v) is 1.78. The fraction of sp³-hybridized carbons (Fsp3) is 0.455. The number of aromatic nitrogens is 1. The molecule has 2 rings (SSSR count). The minimum absolute atomic E-state index is 0.0633. The number of pyridine rings is 1. The molecule has 1 aromatic heterocycles. The maximum absolute atomic E-state index is 11.1. The monoisotopic (exact) mass is 175 g/mol. The predicted octanol–water partition coefficient (Wildman–Crippen LogP) is 2.16. The number of aryl methyl sites for hydroxylation is 2. The molecule has 0 bridgehead atoms. The van der Waals surface area contributed by atoms with Crippen LogP contribution < -0.4 is 0 Å². The van der Waals surface area contributed by atoms with Crippen LogP contribution in [0, 0.1) is 0 Å². The lowest BCUT2D eigenvalue weighted by molar-refractivity contribution is 0.101. The first-order valence-electron chi connectivity index (χ1n) is 4.77. The summed E-state index contributed by atoms with van der Waals surface area (Å²) >= 11 is 0. The van der Waals surface area contributed by atoms with Crippen LogP contribution in [0.1, 0.15) is 41.5 Å². The highest BCUT2D eigenvalue weighted by Gasteiger charge is 2.11. The second kappa shape index (κ2) is 3.29. The Hall–Kier alpha value is -1.18. The van der Waals surface area contributed by atoms with E-state index < -0.39 is 0 Å². The standard InChI is InChI=1S/C11H13NO/c1-8(13)10-7-6-9-4-2-3-5-11(9)12-10/h6-7H,2-5H2,1H3. The van der Waals surface area contributed by atoms with Crippen LogP contribution >= 0.6 is 0 Å². The van der Waals surface area contributed by atoms with Crippen molar-refractivity contribution in [1.82, 2.24) is 4.98 Å². The normalized spacial score (nSPS) is 15.2. The van der Waals surface area contributed by atoms with Crippen molar-refractivity contribution in [1.29, 1.82) is 0 Å². The molecule has 2 heteroatoms. The smallest absolute Gasteiger partial charge is 0.178 e. The summed E-state index contributed by atoms with van der Waals surface area (Å²) in [7, 11) is 0. The molecule has 0 unspecified atom stereocenters. The van der Waals surface area contributed by atoms with E-state index in [-0.39, 0.29) is 5.78 Å². The Balaban J connectivity index is 2.40. The summed E-state index contributed by atoms with van der Waals surface area (Å²) in [5, 5.41) is 0. The van der Waals surface area contributed by atoms with Gasteiger partial charge in [-0.3, -0.25) is 4.79 Å². The molecular formula is C11H13NO. The van der Waals surface area contributed by atoms with Crippen molar-refractivity contribution in [2.75, 3.05) is 0 Å². The lowest BCUT2D eigenvalue weighted by Gasteiger charge is -2.14. The molecule has 1 aromatic rings. The zero-order valence-electron chi connectivity index (χ0n) is 7.84. The SMILES string of the molecule is CC(=O)c1ccc2c(n1)CCCC2. The number of hydrogen-bond donors (Lipinski definition) is 0. The van der Waals surface area contributed by atoms with Crippen LogP contribution in [-0.4, -0.2) is 10.8 Å². The summed E-state index contributed by atoms with van der Waals surface area (Å²) in [6.07, 6.45) is 4.63. The first kappa shape index (κ1) is 8.42. The first-order chi connectivity index (χ1) is 6.27. The van der Waals surface area contributed by atoms with E-state index in [0.717, 1.165) is 18.5 Å². The molecule has 0 saturated heterocycles. The molecule has 68 valence electrons. The third kappa shape index (κ3) is 1.62. The van der Waals surface area contributed by atoms with E-state index in [2.05, 4.69) is 11.1 Å². The minimum Gasteiger partial charge on any atom is -0.293 e. The largest absolute Gasteiger partial charge is 0.293 e. The highest BCUT2D eigenvalue weighted by molar-refractivity contribution is 5.92. The Bertz CT molecular complexity index is 344. The van der Waals surface area contributed by atoms with E-state index in [1.165, 1.54) is 18.4 Å².